The molecule has 0 amide bonds. The third kappa shape index (κ3) is 2.29. The Balaban J connectivity index is 2.12. The summed E-state index contributed by atoms with van der Waals surface area (Å²) in [7, 11) is 3.42. The number of halogens is 1. The number of hydrogen-bond donors (Lipinski definition) is 0. The van der Waals surface area contributed by atoms with Gasteiger partial charge in [-0.3, -0.25) is 0 Å². The van der Waals surface area contributed by atoms with Gasteiger partial charge in [-0.25, -0.2) is 4.98 Å². The summed E-state index contributed by atoms with van der Waals surface area (Å²) in [5.41, 5.74) is 1.06. The van der Waals surface area contributed by atoms with Crippen LogP contribution in [0.5, 0.6) is 0 Å². The van der Waals surface area contributed by atoms with Crippen LogP contribution in [0.15, 0.2) is 18.3 Å². The quantitative estimate of drug-likeness (QED) is 0.754. The highest BCUT2D eigenvalue weighted by Gasteiger charge is 2.33. The van der Waals surface area contributed by atoms with E-state index in [0.717, 1.165) is 18.8 Å². The molecule has 4 nitrogen and oxygen atoms in total. The molecule has 0 bridgehead atoms. The SMILES string of the molecule is COC1CN(c2ccnc(Cl)c2)CC1OC. The van der Waals surface area contributed by atoms with Gasteiger partial charge < -0.3 is 14.4 Å². The monoisotopic (exact) mass is 242 g/mol. The number of nitrogens with zero attached hydrogens (tertiary/aromatic N) is 2. The first-order valence-electron chi connectivity index (χ1n) is 5.16. The van der Waals surface area contributed by atoms with Gasteiger partial charge in [0.05, 0.1) is 0 Å². The van der Waals surface area contributed by atoms with Crippen molar-refractivity contribution < 1.29 is 9.47 Å². The van der Waals surface area contributed by atoms with E-state index in [1.54, 1.807) is 20.4 Å². The summed E-state index contributed by atoms with van der Waals surface area (Å²) in [5, 5.41) is 0.507. The summed E-state index contributed by atoms with van der Waals surface area (Å²) in [6.07, 6.45) is 1.92. The van der Waals surface area contributed by atoms with E-state index in [9.17, 15) is 0 Å². The molecule has 0 spiro atoms. The Labute approximate surface area is 100 Å². The van der Waals surface area contributed by atoms with Crippen molar-refractivity contribution in [2.24, 2.45) is 0 Å². The fourth-order valence-corrected chi connectivity index (χ4v) is 2.16. The Morgan fingerprint density at radius 1 is 1.31 bits per heavy atom. The number of rotatable bonds is 3. The smallest absolute Gasteiger partial charge is 0.131 e. The van der Waals surface area contributed by atoms with Gasteiger partial charge in [-0.15, -0.1) is 0 Å². The molecular formula is C11H15ClN2O2. The van der Waals surface area contributed by atoms with Crippen LogP contribution in [0.4, 0.5) is 5.69 Å². The zero-order valence-electron chi connectivity index (χ0n) is 9.39. The standard InChI is InChI=1S/C11H15ClN2O2/c1-15-9-6-14(7-10(9)16-2)8-3-4-13-11(12)5-8/h3-5,9-10H,6-7H2,1-2H3. The van der Waals surface area contributed by atoms with Crippen LogP contribution in [-0.4, -0.2) is 44.5 Å². The van der Waals surface area contributed by atoms with E-state index in [-0.39, 0.29) is 12.2 Å². The van der Waals surface area contributed by atoms with Crippen LogP contribution in [0.2, 0.25) is 5.15 Å². The van der Waals surface area contributed by atoms with Crippen molar-refractivity contribution in [3.63, 3.8) is 0 Å². The van der Waals surface area contributed by atoms with Crippen LogP contribution < -0.4 is 4.90 Å². The van der Waals surface area contributed by atoms with Crippen molar-refractivity contribution in [1.29, 1.82) is 0 Å². The summed E-state index contributed by atoms with van der Waals surface area (Å²) >= 11 is 5.86. The van der Waals surface area contributed by atoms with Gasteiger partial charge in [-0.1, -0.05) is 11.6 Å². The van der Waals surface area contributed by atoms with E-state index in [0.29, 0.717) is 5.15 Å². The Bertz CT molecular complexity index is 350. The van der Waals surface area contributed by atoms with E-state index >= 15 is 0 Å². The molecule has 2 heterocycles. The van der Waals surface area contributed by atoms with Crippen LogP contribution in [0.25, 0.3) is 0 Å². The molecule has 5 heteroatoms. The van der Waals surface area contributed by atoms with Crippen molar-refractivity contribution >= 4 is 17.3 Å². The number of methoxy groups -OCH3 is 2. The first-order chi connectivity index (χ1) is 7.74. The molecule has 1 aromatic rings. The molecular weight excluding hydrogens is 228 g/mol. The molecule has 88 valence electrons. The minimum absolute atomic E-state index is 0.108. The fourth-order valence-electron chi connectivity index (χ4n) is 2.00. The molecule has 2 rings (SSSR count). The molecule has 2 atom stereocenters. The van der Waals surface area contributed by atoms with E-state index in [1.807, 2.05) is 12.1 Å². The van der Waals surface area contributed by atoms with Crippen LogP contribution in [0.1, 0.15) is 0 Å². The van der Waals surface area contributed by atoms with E-state index in [4.69, 9.17) is 21.1 Å². The number of ether oxygens (including phenoxy) is 2. The number of anilines is 1. The van der Waals surface area contributed by atoms with Crippen molar-refractivity contribution in [3.05, 3.63) is 23.5 Å². The Morgan fingerprint density at radius 2 is 1.94 bits per heavy atom. The minimum Gasteiger partial charge on any atom is -0.377 e. The summed E-state index contributed by atoms with van der Waals surface area (Å²) < 4.78 is 10.8. The lowest BCUT2D eigenvalue weighted by Gasteiger charge is -2.17. The maximum atomic E-state index is 5.86. The van der Waals surface area contributed by atoms with Gasteiger partial charge in [0.25, 0.3) is 0 Å². The van der Waals surface area contributed by atoms with Gasteiger partial charge >= 0.3 is 0 Å². The summed E-state index contributed by atoms with van der Waals surface area (Å²) in [4.78, 5) is 6.16. The summed E-state index contributed by atoms with van der Waals surface area (Å²) in [6.45, 7) is 1.63. The van der Waals surface area contributed by atoms with Crippen LogP contribution in [0, 0.1) is 0 Å². The molecule has 1 saturated heterocycles. The molecule has 0 saturated carbocycles. The molecule has 0 radical (unpaired) electrons. The predicted octanol–water partition coefficient (Wildman–Crippen LogP) is 1.58. The van der Waals surface area contributed by atoms with Crippen molar-refractivity contribution in [3.8, 4) is 0 Å². The Kier molecular flexibility index (Phi) is 3.63. The van der Waals surface area contributed by atoms with E-state index in [2.05, 4.69) is 9.88 Å². The van der Waals surface area contributed by atoms with Gasteiger partial charge in [-0.05, 0) is 12.1 Å². The second kappa shape index (κ2) is 4.99. The number of hydrogen-bond acceptors (Lipinski definition) is 4. The van der Waals surface area contributed by atoms with Crippen LogP contribution in [0.3, 0.4) is 0 Å². The predicted molar refractivity (Wildman–Crippen MR) is 63.1 cm³/mol. The molecule has 1 aliphatic heterocycles. The van der Waals surface area contributed by atoms with E-state index in [1.165, 1.54) is 0 Å². The van der Waals surface area contributed by atoms with Gasteiger partial charge in [-0.2, -0.15) is 0 Å². The largest absolute Gasteiger partial charge is 0.377 e. The molecule has 1 aromatic heterocycles. The first-order valence-corrected chi connectivity index (χ1v) is 5.54. The molecule has 1 aliphatic rings. The van der Waals surface area contributed by atoms with Gasteiger partial charge in [0.15, 0.2) is 0 Å². The Morgan fingerprint density at radius 3 is 2.44 bits per heavy atom. The molecule has 16 heavy (non-hydrogen) atoms. The molecule has 1 fully saturated rings. The van der Waals surface area contributed by atoms with E-state index < -0.39 is 0 Å². The molecule has 0 N–H and O–H groups in total. The second-order valence-electron chi connectivity index (χ2n) is 3.79. The minimum atomic E-state index is 0.108. The van der Waals surface area contributed by atoms with Crippen molar-refractivity contribution in [1.82, 2.24) is 4.98 Å². The maximum Gasteiger partial charge on any atom is 0.131 e. The average molecular weight is 243 g/mol. The zero-order valence-corrected chi connectivity index (χ0v) is 10.1. The van der Waals surface area contributed by atoms with Gasteiger partial charge in [0.1, 0.15) is 17.4 Å². The highest BCUT2D eigenvalue weighted by molar-refractivity contribution is 6.29. The molecule has 2 unspecified atom stereocenters. The normalized spacial score (nSPS) is 25.1. The number of aromatic nitrogens is 1. The topological polar surface area (TPSA) is 34.6 Å². The lowest BCUT2D eigenvalue weighted by Crippen LogP contribution is -2.27. The fraction of sp³-hybridized carbons (Fsp3) is 0.545. The van der Waals surface area contributed by atoms with Crippen molar-refractivity contribution in [2.75, 3.05) is 32.2 Å². The maximum absolute atomic E-state index is 5.86. The lowest BCUT2D eigenvalue weighted by molar-refractivity contribution is -0.00461. The average Bonchev–Trinajstić information content (AvgIpc) is 2.72. The van der Waals surface area contributed by atoms with Crippen LogP contribution in [-0.2, 0) is 9.47 Å². The van der Waals surface area contributed by atoms with Crippen molar-refractivity contribution in [2.45, 2.75) is 12.2 Å². The zero-order chi connectivity index (χ0) is 11.5. The van der Waals surface area contributed by atoms with Gasteiger partial charge in [0.2, 0.25) is 0 Å². The van der Waals surface area contributed by atoms with Crippen LogP contribution >= 0.6 is 11.6 Å². The third-order valence-electron chi connectivity index (χ3n) is 2.90. The lowest BCUT2D eigenvalue weighted by atomic mass is 10.3. The number of pyridine rings is 1. The second-order valence-corrected chi connectivity index (χ2v) is 4.18. The Hall–Kier alpha value is -0.840. The first kappa shape index (κ1) is 11.6. The summed E-state index contributed by atoms with van der Waals surface area (Å²) in [5.74, 6) is 0. The highest BCUT2D eigenvalue weighted by Crippen LogP contribution is 2.24. The summed E-state index contributed by atoms with van der Waals surface area (Å²) in [6, 6.07) is 3.79. The third-order valence-corrected chi connectivity index (χ3v) is 3.10. The molecule has 0 aliphatic carbocycles. The highest BCUT2D eigenvalue weighted by atomic mass is 35.5. The van der Waals surface area contributed by atoms with Gasteiger partial charge in [0, 0.05) is 39.2 Å². The molecule has 0 aromatic carbocycles.